The van der Waals surface area contributed by atoms with Gasteiger partial charge in [-0.1, -0.05) is 19.2 Å². The Bertz CT molecular complexity index is 83.0. The van der Waals surface area contributed by atoms with Gasteiger partial charge in [-0.2, -0.15) is 0 Å². The first-order valence-corrected chi connectivity index (χ1v) is 9.43. The third-order valence-corrected chi connectivity index (χ3v) is 7.42. The van der Waals surface area contributed by atoms with Crippen LogP contribution in [-0.4, -0.2) is 28.8 Å². The second-order valence-corrected chi connectivity index (χ2v) is 7.02. The zero-order valence-electron chi connectivity index (χ0n) is 6.80. The molecule has 0 aromatic carbocycles. The van der Waals surface area contributed by atoms with E-state index in [0.717, 1.165) is 6.04 Å². The molecule has 0 heterocycles. The fourth-order valence-corrected chi connectivity index (χ4v) is 6.28. The highest BCUT2D eigenvalue weighted by molar-refractivity contribution is 6.58. The van der Waals surface area contributed by atoms with Crippen LogP contribution in [0.25, 0.3) is 0 Å². The maximum Gasteiger partial charge on any atom is 0.303 e. The summed E-state index contributed by atoms with van der Waals surface area (Å²) in [6.45, 7) is 7.96. The van der Waals surface area contributed by atoms with Gasteiger partial charge in [-0.15, -0.1) is 6.58 Å². The highest BCUT2D eigenvalue weighted by Crippen LogP contribution is 1.95. The SMILES string of the molecule is C=CC[SiH](O[SiH2]C)O[SiH2]C. The molecule has 0 aliphatic carbocycles. The average Bonchev–Trinajstić information content (AvgIpc) is 1.90. The van der Waals surface area contributed by atoms with Crippen LogP contribution in [-0.2, 0) is 8.23 Å². The maximum absolute atomic E-state index is 5.54. The Balaban J connectivity index is 3.38. The van der Waals surface area contributed by atoms with Gasteiger partial charge < -0.3 is 8.23 Å². The highest BCUT2D eigenvalue weighted by Gasteiger charge is 2.06. The monoisotopic (exact) mass is 192 g/mol. The fraction of sp³-hybridized carbons (Fsp3) is 0.600. The molecule has 0 rings (SSSR count). The van der Waals surface area contributed by atoms with Gasteiger partial charge in [0.15, 0.2) is 0 Å². The minimum absolute atomic E-state index is 0.263. The zero-order chi connectivity index (χ0) is 7.82. The molecule has 0 aromatic heterocycles. The standard InChI is InChI=1S/C5H16O2Si3/c1-4-5-10(6-8-2)7-9-3/h4,10H,1,5,8-9H2,2-3H3. The van der Waals surface area contributed by atoms with Crippen molar-refractivity contribution < 1.29 is 8.23 Å². The molecular weight excluding hydrogens is 176 g/mol. The summed E-state index contributed by atoms with van der Waals surface area (Å²) in [5.74, 6) is 0. The van der Waals surface area contributed by atoms with Crippen LogP contribution in [0.4, 0.5) is 0 Å². The molecule has 0 aliphatic rings. The molecule has 0 aliphatic heterocycles. The number of hydrogen-bond acceptors (Lipinski definition) is 2. The summed E-state index contributed by atoms with van der Waals surface area (Å²) in [6, 6.07) is 0.974. The van der Waals surface area contributed by atoms with Gasteiger partial charge >= 0.3 is 9.28 Å². The van der Waals surface area contributed by atoms with Gasteiger partial charge in [0.05, 0.1) is 0 Å². The van der Waals surface area contributed by atoms with Crippen LogP contribution in [0, 0.1) is 0 Å². The molecular formula is C5H16O2Si3. The molecule has 0 spiro atoms. The van der Waals surface area contributed by atoms with E-state index in [1.165, 1.54) is 0 Å². The van der Waals surface area contributed by atoms with Gasteiger partial charge in [-0.05, 0) is 0 Å². The lowest BCUT2D eigenvalue weighted by atomic mass is 10.8. The molecule has 0 saturated carbocycles. The predicted octanol–water partition coefficient (Wildman–Crippen LogP) is -0.310. The van der Waals surface area contributed by atoms with E-state index in [1.807, 2.05) is 6.08 Å². The number of rotatable bonds is 6. The first-order chi connectivity index (χ1) is 4.85. The van der Waals surface area contributed by atoms with Crippen LogP contribution in [0.15, 0.2) is 12.7 Å². The second-order valence-electron chi connectivity index (χ2n) is 1.86. The lowest BCUT2D eigenvalue weighted by Gasteiger charge is -2.12. The molecule has 5 heteroatoms. The van der Waals surface area contributed by atoms with Gasteiger partial charge in [-0.25, -0.2) is 0 Å². The van der Waals surface area contributed by atoms with E-state index in [-0.39, 0.29) is 19.5 Å². The van der Waals surface area contributed by atoms with Gasteiger partial charge in [0, 0.05) is 6.04 Å². The first-order valence-electron chi connectivity index (χ1n) is 3.69. The third-order valence-electron chi connectivity index (χ3n) is 1.06. The normalized spacial score (nSPS) is 15.4. The summed E-state index contributed by atoms with van der Waals surface area (Å²) in [5, 5.41) is 0. The molecule has 0 saturated heterocycles. The molecule has 0 radical (unpaired) electrons. The Morgan fingerprint density at radius 2 is 1.90 bits per heavy atom. The largest absolute Gasteiger partial charge is 0.444 e. The highest BCUT2D eigenvalue weighted by atomic mass is 28.4. The van der Waals surface area contributed by atoms with E-state index in [0.29, 0.717) is 0 Å². The number of allylic oxidation sites excluding steroid dienone is 1. The average molecular weight is 192 g/mol. The minimum atomic E-state index is -1.23. The van der Waals surface area contributed by atoms with E-state index in [4.69, 9.17) is 8.23 Å². The lowest BCUT2D eigenvalue weighted by Crippen LogP contribution is -2.24. The molecule has 0 unspecified atom stereocenters. The molecule has 0 aromatic rings. The first kappa shape index (κ1) is 10.3. The van der Waals surface area contributed by atoms with Crippen LogP contribution in [0.5, 0.6) is 0 Å². The molecule has 0 N–H and O–H groups in total. The molecule has 60 valence electrons. The fourth-order valence-electron chi connectivity index (χ4n) is 0.692. The van der Waals surface area contributed by atoms with E-state index in [9.17, 15) is 0 Å². The molecule has 10 heavy (non-hydrogen) atoms. The third kappa shape index (κ3) is 5.12. The summed E-state index contributed by atoms with van der Waals surface area (Å²) in [6.07, 6.45) is 1.91. The van der Waals surface area contributed by atoms with E-state index < -0.39 is 9.28 Å². The van der Waals surface area contributed by atoms with Crippen LogP contribution < -0.4 is 0 Å². The topological polar surface area (TPSA) is 18.5 Å². The molecule has 0 bridgehead atoms. The van der Waals surface area contributed by atoms with Crippen LogP contribution in [0.1, 0.15) is 0 Å². The quantitative estimate of drug-likeness (QED) is 0.425. The Morgan fingerprint density at radius 3 is 2.20 bits per heavy atom. The molecule has 0 fully saturated rings. The molecule has 0 amide bonds. The number of hydrogen-bond donors (Lipinski definition) is 0. The van der Waals surface area contributed by atoms with Crippen molar-refractivity contribution in [3.05, 3.63) is 12.7 Å². The molecule has 2 nitrogen and oxygen atoms in total. The summed E-state index contributed by atoms with van der Waals surface area (Å²) < 4.78 is 11.1. The Labute approximate surface area is 69.4 Å². The van der Waals surface area contributed by atoms with Crippen molar-refractivity contribution in [2.45, 2.75) is 19.1 Å². The van der Waals surface area contributed by atoms with Gasteiger partial charge in [0.2, 0.25) is 0 Å². The van der Waals surface area contributed by atoms with Crippen molar-refractivity contribution >= 4 is 28.8 Å². The van der Waals surface area contributed by atoms with Crippen LogP contribution >= 0.6 is 0 Å². The van der Waals surface area contributed by atoms with Crippen molar-refractivity contribution in [3.8, 4) is 0 Å². The maximum atomic E-state index is 5.54. The van der Waals surface area contributed by atoms with Crippen molar-refractivity contribution in [2.24, 2.45) is 0 Å². The van der Waals surface area contributed by atoms with E-state index in [1.54, 1.807) is 0 Å². The second kappa shape index (κ2) is 7.42. The summed E-state index contributed by atoms with van der Waals surface area (Å²) in [4.78, 5) is 0. The van der Waals surface area contributed by atoms with Gasteiger partial charge in [-0.3, -0.25) is 0 Å². The van der Waals surface area contributed by atoms with Gasteiger partial charge in [0.1, 0.15) is 19.5 Å². The smallest absolute Gasteiger partial charge is 0.303 e. The van der Waals surface area contributed by atoms with Crippen LogP contribution in [0.2, 0.25) is 19.1 Å². The van der Waals surface area contributed by atoms with Crippen molar-refractivity contribution in [1.82, 2.24) is 0 Å². The van der Waals surface area contributed by atoms with Gasteiger partial charge in [0.25, 0.3) is 0 Å². The minimum Gasteiger partial charge on any atom is -0.444 e. The molecule has 0 atom stereocenters. The lowest BCUT2D eigenvalue weighted by molar-refractivity contribution is 0.460. The van der Waals surface area contributed by atoms with Crippen molar-refractivity contribution in [2.75, 3.05) is 0 Å². The van der Waals surface area contributed by atoms with Crippen molar-refractivity contribution in [3.63, 3.8) is 0 Å². The van der Waals surface area contributed by atoms with Crippen molar-refractivity contribution in [1.29, 1.82) is 0 Å². The Morgan fingerprint density at radius 1 is 1.40 bits per heavy atom. The summed E-state index contributed by atoms with van der Waals surface area (Å²) >= 11 is 0. The summed E-state index contributed by atoms with van der Waals surface area (Å²) in [7, 11) is -1.75. The van der Waals surface area contributed by atoms with E-state index >= 15 is 0 Å². The van der Waals surface area contributed by atoms with Crippen LogP contribution in [0.3, 0.4) is 0 Å². The summed E-state index contributed by atoms with van der Waals surface area (Å²) in [5.41, 5.74) is 0. The Hall–Kier alpha value is 0.311. The predicted molar refractivity (Wildman–Crippen MR) is 53.1 cm³/mol. The zero-order valence-corrected chi connectivity index (χ0v) is 10.8. The Kier molecular flexibility index (Phi) is 7.65. The van der Waals surface area contributed by atoms with E-state index in [2.05, 4.69) is 19.7 Å².